The first kappa shape index (κ1) is 18.8. The monoisotopic (exact) mass is 324 g/mol. The molecular weight excluding hydrogens is 298 g/mol. The van der Waals surface area contributed by atoms with Crippen LogP contribution in [0.3, 0.4) is 0 Å². The molecule has 1 aromatic carbocycles. The molecule has 0 aromatic heterocycles. The Bertz CT molecular complexity index is 534. The van der Waals surface area contributed by atoms with E-state index in [1.165, 1.54) is 7.11 Å². The Kier molecular flexibility index (Phi) is 7.90. The van der Waals surface area contributed by atoms with Gasteiger partial charge in [-0.2, -0.15) is 0 Å². The highest BCUT2D eigenvalue weighted by Crippen LogP contribution is 2.28. The van der Waals surface area contributed by atoms with Crippen molar-refractivity contribution in [3.8, 4) is 11.5 Å². The molecule has 2 amide bonds. The predicted molar refractivity (Wildman–Crippen MR) is 88.1 cm³/mol. The van der Waals surface area contributed by atoms with Gasteiger partial charge in [0.1, 0.15) is 11.5 Å². The lowest BCUT2D eigenvalue weighted by atomic mass is 10.2. The number of ether oxygens (including phenoxy) is 2. The predicted octanol–water partition coefficient (Wildman–Crippen LogP) is -0.317. The van der Waals surface area contributed by atoms with E-state index in [-0.39, 0.29) is 24.9 Å². The molecule has 0 radical (unpaired) electrons. The minimum Gasteiger partial charge on any atom is -0.497 e. The second kappa shape index (κ2) is 9.68. The quantitative estimate of drug-likeness (QED) is 0.582. The lowest BCUT2D eigenvalue weighted by Gasteiger charge is -2.17. The Balaban J connectivity index is 2.66. The van der Waals surface area contributed by atoms with Gasteiger partial charge >= 0.3 is 0 Å². The number of anilines is 1. The van der Waals surface area contributed by atoms with Crippen LogP contribution in [-0.2, 0) is 9.59 Å². The summed E-state index contributed by atoms with van der Waals surface area (Å²) in [5, 5.41) is 5.55. The second-order valence-corrected chi connectivity index (χ2v) is 5.03. The number of carbonyl (C=O) groups is 2. The molecule has 0 aliphatic heterocycles. The Morgan fingerprint density at radius 3 is 2.35 bits per heavy atom. The van der Waals surface area contributed by atoms with Crippen molar-refractivity contribution in [1.29, 1.82) is 0 Å². The van der Waals surface area contributed by atoms with E-state index in [9.17, 15) is 9.59 Å². The van der Waals surface area contributed by atoms with Gasteiger partial charge in [-0.3, -0.25) is 9.59 Å². The Morgan fingerprint density at radius 1 is 1.09 bits per heavy atom. The normalized spacial score (nSPS) is 11.5. The highest BCUT2D eigenvalue weighted by molar-refractivity contribution is 5.93. The van der Waals surface area contributed by atoms with Crippen molar-refractivity contribution in [2.45, 2.75) is 13.8 Å². The summed E-state index contributed by atoms with van der Waals surface area (Å²) < 4.78 is 10.4. The maximum atomic E-state index is 12.2. The zero-order valence-corrected chi connectivity index (χ0v) is 14.2. The largest absolute Gasteiger partial charge is 0.497 e. The van der Waals surface area contributed by atoms with Crippen LogP contribution in [0, 0.1) is 0 Å². The zero-order chi connectivity index (χ0) is 17.2. The maximum absolute atomic E-state index is 12.2. The molecule has 0 fully saturated rings. The standard InChI is InChI=1S/C16H25N3O4/c1-5-17-15(20)10-19(6-2)11-16(21)18-13-8-7-12(22-3)9-14(13)23-4/h7-9H,5-6,10-11H2,1-4H3,(H,17,20)(H,18,21)/p+1. The van der Waals surface area contributed by atoms with Crippen LogP contribution in [0.4, 0.5) is 5.69 Å². The van der Waals surface area contributed by atoms with E-state index in [4.69, 9.17) is 9.47 Å². The van der Waals surface area contributed by atoms with Gasteiger partial charge in [-0.1, -0.05) is 0 Å². The third kappa shape index (κ3) is 6.15. The number of amides is 2. The van der Waals surface area contributed by atoms with Crippen LogP contribution in [0.5, 0.6) is 11.5 Å². The lowest BCUT2D eigenvalue weighted by molar-refractivity contribution is -0.881. The number of hydrogen-bond acceptors (Lipinski definition) is 4. The fraction of sp³-hybridized carbons (Fsp3) is 0.500. The van der Waals surface area contributed by atoms with Crippen molar-refractivity contribution < 1.29 is 24.0 Å². The summed E-state index contributed by atoms with van der Waals surface area (Å²) in [6.45, 7) is 5.57. The molecule has 7 nitrogen and oxygen atoms in total. The highest BCUT2D eigenvalue weighted by atomic mass is 16.5. The van der Waals surface area contributed by atoms with Gasteiger partial charge in [-0.05, 0) is 26.0 Å². The minimum absolute atomic E-state index is 0.0563. The summed E-state index contributed by atoms with van der Waals surface area (Å²) in [5.74, 6) is 0.949. The molecule has 128 valence electrons. The van der Waals surface area contributed by atoms with Crippen molar-refractivity contribution in [3.63, 3.8) is 0 Å². The van der Waals surface area contributed by atoms with Crippen molar-refractivity contribution >= 4 is 17.5 Å². The van der Waals surface area contributed by atoms with E-state index in [1.807, 2.05) is 13.8 Å². The first-order valence-corrected chi connectivity index (χ1v) is 7.66. The molecule has 0 bridgehead atoms. The molecule has 1 rings (SSSR count). The maximum Gasteiger partial charge on any atom is 0.279 e. The molecule has 0 aliphatic rings. The van der Waals surface area contributed by atoms with Crippen LogP contribution >= 0.6 is 0 Å². The molecule has 1 atom stereocenters. The van der Waals surface area contributed by atoms with E-state index in [1.54, 1.807) is 25.3 Å². The van der Waals surface area contributed by atoms with Crippen LogP contribution in [0.15, 0.2) is 18.2 Å². The number of methoxy groups -OCH3 is 2. The summed E-state index contributed by atoms with van der Waals surface area (Å²) in [6.07, 6.45) is 0. The van der Waals surface area contributed by atoms with Gasteiger partial charge in [0, 0.05) is 12.6 Å². The molecule has 0 saturated heterocycles. The fourth-order valence-electron chi connectivity index (χ4n) is 2.12. The summed E-state index contributed by atoms with van der Waals surface area (Å²) >= 11 is 0. The van der Waals surface area contributed by atoms with Gasteiger partial charge in [0.15, 0.2) is 13.1 Å². The van der Waals surface area contributed by atoms with Gasteiger partial charge in [0.05, 0.1) is 26.5 Å². The number of quaternary nitrogens is 1. The van der Waals surface area contributed by atoms with Crippen molar-refractivity contribution in [3.05, 3.63) is 18.2 Å². The van der Waals surface area contributed by atoms with Gasteiger partial charge in [-0.25, -0.2) is 0 Å². The Morgan fingerprint density at radius 2 is 1.78 bits per heavy atom. The first-order chi connectivity index (χ1) is 11.0. The highest BCUT2D eigenvalue weighted by Gasteiger charge is 2.17. The van der Waals surface area contributed by atoms with Crippen molar-refractivity contribution in [2.24, 2.45) is 0 Å². The summed E-state index contributed by atoms with van der Waals surface area (Å²) in [6, 6.07) is 5.18. The number of likely N-dealkylation sites (N-methyl/N-ethyl adjacent to an activating group) is 2. The van der Waals surface area contributed by atoms with E-state index in [0.717, 1.165) is 4.90 Å². The molecule has 0 spiro atoms. The lowest BCUT2D eigenvalue weighted by Crippen LogP contribution is -3.14. The Labute approximate surface area is 136 Å². The van der Waals surface area contributed by atoms with E-state index in [2.05, 4.69) is 10.6 Å². The van der Waals surface area contributed by atoms with Crippen molar-refractivity contribution in [2.75, 3.05) is 45.7 Å². The molecule has 0 aliphatic carbocycles. The van der Waals surface area contributed by atoms with Crippen LogP contribution in [0.25, 0.3) is 0 Å². The van der Waals surface area contributed by atoms with E-state index in [0.29, 0.717) is 30.3 Å². The van der Waals surface area contributed by atoms with E-state index < -0.39 is 0 Å². The number of benzene rings is 1. The van der Waals surface area contributed by atoms with Crippen LogP contribution < -0.4 is 25.0 Å². The fourth-order valence-corrected chi connectivity index (χ4v) is 2.12. The van der Waals surface area contributed by atoms with Crippen molar-refractivity contribution in [1.82, 2.24) is 5.32 Å². The molecule has 23 heavy (non-hydrogen) atoms. The number of rotatable bonds is 9. The van der Waals surface area contributed by atoms with Crippen LogP contribution in [0.1, 0.15) is 13.8 Å². The van der Waals surface area contributed by atoms with E-state index >= 15 is 0 Å². The number of carbonyl (C=O) groups excluding carboxylic acids is 2. The summed E-state index contributed by atoms with van der Waals surface area (Å²) in [7, 11) is 3.10. The average Bonchev–Trinajstić information content (AvgIpc) is 2.54. The Hall–Kier alpha value is -2.28. The third-order valence-corrected chi connectivity index (χ3v) is 3.38. The van der Waals surface area contributed by atoms with Crippen LogP contribution in [-0.4, -0.2) is 52.2 Å². The zero-order valence-electron chi connectivity index (χ0n) is 14.2. The average molecular weight is 324 g/mol. The summed E-state index contributed by atoms with van der Waals surface area (Å²) in [5.41, 5.74) is 0.576. The summed E-state index contributed by atoms with van der Waals surface area (Å²) in [4.78, 5) is 24.7. The topological polar surface area (TPSA) is 81.1 Å². The second-order valence-electron chi connectivity index (χ2n) is 5.03. The third-order valence-electron chi connectivity index (χ3n) is 3.38. The van der Waals surface area contributed by atoms with Crippen LogP contribution in [0.2, 0.25) is 0 Å². The number of hydrogen-bond donors (Lipinski definition) is 3. The minimum atomic E-state index is -0.172. The molecule has 0 heterocycles. The first-order valence-electron chi connectivity index (χ1n) is 7.66. The molecule has 3 N–H and O–H groups in total. The molecular formula is C16H26N3O4+. The molecule has 1 aromatic rings. The SMILES string of the molecule is CCNC(=O)C[NH+](CC)CC(=O)Nc1ccc(OC)cc1OC. The molecule has 1 unspecified atom stereocenters. The number of nitrogens with one attached hydrogen (secondary N) is 3. The smallest absolute Gasteiger partial charge is 0.279 e. The van der Waals surface area contributed by atoms with Gasteiger partial charge in [0.25, 0.3) is 11.8 Å². The van der Waals surface area contributed by atoms with Gasteiger partial charge < -0.3 is 25.0 Å². The molecule has 7 heteroatoms. The van der Waals surface area contributed by atoms with Gasteiger partial charge in [-0.15, -0.1) is 0 Å². The molecule has 0 saturated carbocycles. The van der Waals surface area contributed by atoms with Gasteiger partial charge in [0.2, 0.25) is 0 Å².